The normalized spacial score (nSPS) is 10.2. The number of carboxylic acids is 1. The molecule has 6 heteroatoms. The fourth-order valence-electron chi connectivity index (χ4n) is 1.94. The highest BCUT2D eigenvalue weighted by Gasteiger charge is 2.21. The second-order valence-electron chi connectivity index (χ2n) is 4.17. The van der Waals surface area contributed by atoms with Gasteiger partial charge in [-0.3, -0.25) is 10.1 Å². The smallest absolute Gasteiger partial charge is 0.336 e. The predicted molar refractivity (Wildman–Crippen MR) is 77.0 cm³/mol. The minimum absolute atomic E-state index is 0.0397. The minimum atomic E-state index is -1.17. The first kappa shape index (κ1) is 14.2. The van der Waals surface area contributed by atoms with E-state index in [9.17, 15) is 14.9 Å². The molecule has 0 bridgehead atoms. The number of nitro benzene ring substituents is 1. The molecule has 2 aromatic rings. The molecular weight excluding hydrogens is 326 g/mol. The van der Waals surface area contributed by atoms with Crippen molar-refractivity contribution in [3.05, 3.63) is 73.7 Å². The monoisotopic (exact) mass is 335 g/mol. The molecule has 0 atom stereocenters. The van der Waals surface area contributed by atoms with Crippen LogP contribution in [-0.4, -0.2) is 16.0 Å². The molecule has 20 heavy (non-hydrogen) atoms. The van der Waals surface area contributed by atoms with E-state index < -0.39 is 10.9 Å². The first-order chi connectivity index (χ1) is 9.49. The van der Waals surface area contributed by atoms with Gasteiger partial charge in [0.25, 0.3) is 5.69 Å². The van der Waals surface area contributed by atoms with E-state index >= 15 is 0 Å². The molecule has 5 nitrogen and oxygen atoms in total. The molecule has 2 aromatic carbocycles. The summed E-state index contributed by atoms with van der Waals surface area (Å²) < 4.78 is 0.891. The summed E-state index contributed by atoms with van der Waals surface area (Å²) in [6.07, 6.45) is 0.200. The van der Waals surface area contributed by atoms with Crippen LogP contribution in [0.1, 0.15) is 21.5 Å². The van der Waals surface area contributed by atoms with Crippen LogP contribution in [0.3, 0.4) is 0 Å². The van der Waals surface area contributed by atoms with E-state index in [1.165, 1.54) is 18.2 Å². The van der Waals surface area contributed by atoms with Crippen LogP contribution in [0.5, 0.6) is 0 Å². The van der Waals surface area contributed by atoms with E-state index in [0.717, 1.165) is 10.0 Å². The lowest BCUT2D eigenvalue weighted by molar-refractivity contribution is -0.385. The van der Waals surface area contributed by atoms with Crippen molar-refractivity contribution in [2.75, 3.05) is 0 Å². The number of benzene rings is 2. The van der Waals surface area contributed by atoms with Gasteiger partial charge in [0.15, 0.2) is 0 Å². The largest absolute Gasteiger partial charge is 0.478 e. The van der Waals surface area contributed by atoms with Gasteiger partial charge in [0.1, 0.15) is 0 Å². The molecule has 0 saturated carbocycles. The molecule has 0 amide bonds. The van der Waals surface area contributed by atoms with Crippen LogP contribution < -0.4 is 0 Å². The molecule has 102 valence electrons. The quantitative estimate of drug-likeness (QED) is 0.683. The molecule has 0 aliphatic carbocycles. The zero-order valence-corrected chi connectivity index (χ0v) is 11.8. The first-order valence-corrected chi connectivity index (χ1v) is 6.52. The minimum Gasteiger partial charge on any atom is -0.478 e. The van der Waals surface area contributed by atoms with Crippen LogP contribution >= 0.6 is 15.9 Å². The van der Waals surface area contributed by atoms with Gasteiger partial charge in [-0.25, -0.2) is 4.79 Å². The van der Waals surface area contributed by atoms with E-state index in [2.05, 4.69) is 15.9 Å². The fourth-order valence-corrected chi connectivity index (χ4v) is 2.20. The number of nitrogens with zero attached hydrogens (tertiary/aromatic N) is 1. The van der Waals surface area contributed by atoms with E-state index in [1.807, 2.05) is 12.1 Å². The Balaban J connectivity index is 2.50. The SMILES string of the molecule is O=C(O)c1cccc([N+](=O)[O-])c1Cc1ccc(Br)cc1. The summed E-state index contributed by atoms with van der Waals surface area (Å²) in [6.45, 7) is 0. The number of hydrogen-bond donors (Lipinski definition) is 1. The van der Waals surface area contributed by atoms with Gasteiger partial charge in [0.2, 0.25) is 0 Å². The summed E-state index contributed by atoms with van der Waals surface area (Å²) in [5.41, 5.74) is 0.812. The fraction of sp³-hybridized carbons (Fsp3) is 0.0714. The Morgan fingerprint density at radius 2 is 1.85 bits per heavy atom. The number of rotatable bonds is 4. The predicted octanol–water partition coefficient (Wildman–Crippen LogP) is 3.65. The zero-order chi connectivity index (χ0) is 14.7. The molecule has 0 aliphatic rings. The summed E-state index contributed by atoms with van der Waals surface area (Å²) in [5, 5.41) is 20.2. The van der Waals surface area contributed by atoms with E-state index in [-0.39, 0.29) is 23.2 Å². The van der Waals surface area contributed by atoms with Gasteiger partial charge < -0.3 is 5.11 Å². The van der Waals surface area contributed by atoms with Crippen LogP contribution in [0.2, 0.25) is 0 Å². The van der Waals surface area contributed by atoms with Crippen molar-refractivity contribution >= 4 is 27.6 Å². The van der Waals surface area contributed by atoms with Crippen molar-refractivity contribution in [3.63, 3.8) is 0 Å². The van der Waals surface area contributed by atoms with Crippen LogP contribution in [0.25, 0.3) is 0 Å². The molecule has 0 saturated heterocycles. The highest BCUT2D eigenvalue weighted by atomic mass is 79.9. The molecule has 0 heterocycles. The maximum Gasteiger partial charge on any atom is 0.336 e. The van der Waals surface area contributed by atoms with Crippen LogP contribution in [0.4, 0.5) is 5.69 Å². The van der Waals surface area contributed by atoms with Crippen LogP contribution in [-0.2, 0) is 6.42 Å². The van der Waals surface area contributed by atoms with Crippen LogP contribution in [0, 0.1) is 10.1 Å². The van der Waals surface area contributed by atoms with Crippen molar-refractivity contribution in [2.24, 2.45) is 0 Å². The Morgan fingerprint density at radius 1 is 1.20 bits per heavy atom. The van der Waals surface area contributed by atoms with E-state index in [1.54, 1.807) is 12.1 Å². The summed E-state index contributed by atoms with van der Waals surface area (Å²) in [5.74, 6) is -1.17. The highest BCUT2D eigenvalue weighted by Crippen LogP contribution is 2.26. The average molecular weight is 336 g/mol. The maximum absolute atomic E-state index is 11.2. The van der Waals surface area contributed by atoms with Crippen molar-refractivity contribution in [1.82, 2.24) is 0 Å². The third-order valence-corrected chi connectivity index (χ3v) is 3.40. The summed E-state index contributed by atoms with van der Waals surface area (Å²) >= 11 is 3.30. The molecule has 0 aromatic heterocycles. The van der Waals surface area contributed by atoms with E-state index in [0.29, 0.717) is 0 Å². The number of carbonyl (C=O) groups is 1. The molecule has 0 unspecified atom stereocenters. The molecule has 0 radical (unpaired) electrons. The highest BCUT2D eigenvalue weighted by molar-refractivity contribution is 9.10. The Bertz CT molecular complexity index is 635. The van der Waals surface area contributed by atoms with Crippen molar-refractivity contribution in [2.45, 2.75) is 6.42 Å². The van der Waals surface area contributed by atoms with Gasteiger partial charge in [0.05, 0.1) is 10.5 Å². The molecule has 0 fully saturated rings. The lowest BCUT2D eigenvalue weighted by Gasteiger charge is -2.07. The zero-order valence-electron chi connectivity index (χ0n) is 10.2. The van der Waals surface area contributed by atoms with Gasteiger partial charge in [-0.05, 0) is 23.8 Å². The molecular formula is C14H10BrNO4. The molecule has 0 spiro atoms. The van der Waals surface area contributed by atoms with Gasteiger partial charge in [0, 0.05) is 22.5 Å². The maximum atomic E-state index is 11.2. The Hall–Kier alpha value is -2.21. The lowest BCUT2D eigenvalue weighted by atomic mass is 9.98. The standard InChI is InChI=1S/C14H10BrNO4/c15-10-6-4-9(5-7-10)8-12-11(14(17)18)2-1-3-13(12)16(19)20/h1-7H,8H2,(H,17,18). The second-order valence-corrected chi connectivity index (χ2v) is 5.08. The van der Waals surface area contributed by atoms with Gasteiger partial charge >= 0.3 is 5.97 Å². The van der Waals surface area contributed by atoms with Gasteiger partial charge in [-0.1, -0.05) is 34.1 Å². The number of nitro groups is 1. The first-order valence-electron chi connectivity index (χ1n) is 5.73. The van der Waals surface area contributed by atoms with Gasteiger partial charge in [-0.2, -0.15) is 0 Å². The van der Waals surface area contributed by atoms with Crippen molar-refractivity contribution in [1.29, 1.82) is 0 Å². The summed E-state index contributed by atoms with van der Waals surface area (Å²) in [4.78, 5) is 21.7. The van der Waals surface area contributed by atoms with E-state index in [4.69, 9.17) is 5.11 Å². The second kappa shape index (κ2) is 5.83. The summed E-state index contributed by atoms with van der Waals surface area (Å²) in [6, 6.07) is 11.3. The van der Waals surface area contributed by atoms with Crippen LogP contribution in [0.15, 0.2) is 46.9 Å². The Morgan fingerprint density at radius 3 is 2.40 bits per heavy atom. The summed E-state index contributed by atoms with van der Waals surface area (Å²) in [7, 11) is 0. The number of carboxylic acid groups (broad SMARTS) is 1. The Labute approximate surface area is 123 Å². The van der Waals surface area contributed by atoms with Crippen molar-refractivity contribution in [3.8, 4) is 0 Å². The number of halogens is 1. The molecule has 0 aliphatic heterocycles. The average Bonchev–Trinajstić information content (AvgIpc) is 2.41. The Kier molecular flexibility index (Phi) is 4.14. The van der Waals surface area contributed by atoms with Crippen molar-refractivity contribution < 1.29 is 14.8 Å². The number of aromatic carboxylic acids is 1. The number of hydrogen-bond acceptors (Lipinski definition) is 3. The third kappa shape index (κ3) is 3.03. The molecule has 1 N–H and O–H groups in total. The lowest BCUT2D eigenvalue weighted by Crippen LogP contribution is -2.06. The van der Waals surface area contributed by atoms with Gasteiger partial charge in [-0.15, -0.1) is 0 Å². The third-order valence-electron chi connectivity index (χ3n) is 2.87. The molecule has 2 rings (SSSR count). The topological polar surface area (TPSA) is 80.4 Å².